The lowest BCUT2D eigenvalue weighted by atomic mass is 9.89. The molecule has 0 bridgehead atoms. The van der Waals surface area contributed by atoms with E-state index in [9.17, 15) is 9.59 Å². The van der Waals surface area contributed by atoms with Crippen molar-refractivity contribution < 1.29 is 4.79 Å². The third-order valence-corrected chi connectivity index (χ3v) is 5.71. The van der Waals surface area contributed by atoms with Crippen LogP contribution in [0.1, 0.15) is 18.4 Å². The van der Waals surface area contributed by atoms with Crippen LogP contribution in [0.15, 0.2) is 53.3 Å². The minimum absolute atomic E-state index is 0. The Bertz CT molecular complexity index is 1030. The molecule has 5 N–H and O–H groups in total. The summed E-state index contributed by atoms with van der Waals surface area (Å²) in [5, 5.41) is 2.96. The molecular weight excluding hydrogens is 390 g/mol. The van der Waals surface area contributed by atoms with Crippen LogP contribution >= 0.6 is 12.4 Å². The molecule has 1 unspecified atom stereocenters. The predicted octanol–water partition coefficient (Wildman–Crippen LogP) is 2.28. The fourth-order valence-corrected chi connectivity index (χ4v) is 4.06. The smallest absolute Gasteiger partial charge is 0.323 e. The normalized spacial score (nSPS) is 20.3. The second-order valence-electron chi connectivity index (χ2n) is 7.47. The number of nitrogens with two attached hydrogens (primary N) is 1. The van der Waals surface area contributed by atoms with Crippen LogP contribution < -0.4 is 16.7 Å². The molecule has 1 aromatic heterocycles. The number of nitrogens with zero attached hydrogens (tertiary/aromatic N) is 1. The first-order valence-corrected chi connectivity index (χ1v) is 9.57. The summed E-state index contributed by atoms with van der Waals surface area (Å²) in [4.78, 5) is 31.8. The molecular formula is C21H26ClN5O2. The number of aromatic amines is 2. The van der Waals surface area contributed by atoms with Crippen LogP contribution in [0.5, 0.6) is 0 Å². The van der Waals surface area contributed by atoms with Crippen molar-refractivity contribution in [1.82, 2.24) is 14.9 Å². The molecule has 0 spiro atoms. The molecule has 2 heterocycles. The number of halogens is 1. The quantitative estimate of drug-likeness (QED) is 0.512. The van der Waals surface area contributed by atoms with Crippen molar-refractivity contribution in [1.29, 1.82) is 0 Å². The number of nitrogens with one attached hydrogen (secondary N) is 3. The average Bonchev–Trinajstić information content (AvgIpc) is 3.30. The summed E-state index contributed by atoms with van der Waals surface area (Å²) >= 11 is 0. The number of H-pyrrole nitrogens is 2. The van der Waals surface area contributed by atoms with Gasteiger partial charge >= 0.3 is 5.69 Å². The highest BCUT2D eigenvalue weighted by molar-refractivity contribution is 5.96. The molecule has 4 rings (SSSR count). The molecule has 0 saturated carbocycles. The van der Waals surface area contributed by atoms with Gasteiger partial charge in [-0.05, 0) is 43.1 Å². The van der Waals surface area contributed by atoms with Crippen molar-refractivity contribution in [3.63, 3.8) is 0 Å². The zero-order valence-corrected chi connectivity index (χ0v) is 17.0. The van der Waals surface area contributed by atoms with Crippen LogP contribution in [0.25, 0.3) is 11.0 Å². The maximum atomic E-state index is 12.8. The van der Waals surface area contributed by atoms with Gasteiger partial charge in [-0.2, -0.15) is 0 Å². The summed E-state index contributed by atoms with van der Waals surface area (Å²) in [5.41, 5.74) is 9.08. The molecule has 0 radical (unpaired) electrons. The highest BCUT2D eigenvalue weighted by Crippen LogP contribution is 2.33. The van der Waals surface area contributed by atoms with E-state index in [0.29, 0.717) is 35.1 Å². The monoisotopic (exact) mass is 415 g/mol. The summed E-state index contributed by atoms with van der Waals surface area (Å²) in [6, 6.07) is 15.4. The molecule has 1 aliphatic rings. The first kappa shape index (κ1) is 21.1. The molecule has 1 aliphatic heterocycles. The van der Waals surface area contributed by atoms with Crippen molar-refractivity contribution in [2.45, 2.75) is 18.9 Å². The third-order valence-electron chi connectivity index (χ3n) is 5.71. The van der Waals surface area contributed by atoms with E-state index in [1.54, 1.807) is 18.2 Å². The minimum Gasteiger partial charge on any atom is -0.330 e. The van der Waals surface area contributed by atoms with Gasteiger partial charge in [0.15, 0.2) is 0 Å². The van der Waals surface area contributed by atoms with Crippen LogP contribution in [-0.2, 0) is 4.79 Å². The number of carbonyl (C=O) groups excluding carboxylic acids is 1. The lowest BCUT2D eigenvalue weighted by molar-refractivity contribution is -0.120. The Balaban J connectivity index is 0.00000240. The molecule has 1 saturated heterocycles. The van der Waals surface area contributed by atoms with Gasteiger partial charge in [-0.3, -0.25) is 9.69 Å². The molecule has 1 fully saturated rings. The van der Waals surface area contributed by atoms with Crippen molar-refractivity contribution >= 4 is 35.0 Å². The largest absolute Gasteiger partial charge is 0.330 e. The Hall–Kier alpha value is -2.61. The van der Waals surface area contributed by atoms with Gasteiger partial charge in [0.05, 0.1) is 17.1 Å². The summed E-state index contributed by atoms with van der Waals surface area (Å²) in [6.45, 7) is 4.13. The molecule has 8 heteroatoms. The second-order valence-corrected chi connectivity index (χ2v) is 7.47. The van der Waals surface area contributed by atoms with E-state index >= 15 is 0 Å². The maximum absolute atomic E-state index is 12.8. The number of likely N-dealkylation sites (tertiary alicyclic amines) is 1. The van der Waals surface area contributed by atoms with E-state index in [1.165, 1.54) is 5.56 Å². The fraction of sp³-hybridized carbons (Fsp3) is 0.333. The van der Waals surface area contributed by atoms with Crippen molar-refractivity contribution in [3.05, 3.63) is 64.6 Å². The topological polar surface area (TPSA) is 107 Å². The maximum Gasteiger partial charge on any atom is 0.323 e. The Morgan fingerprint density at radius 3 is 2.62 bits per heavy atom. The molecule has 1 amide bonds. The summed E-state index contributed by atoms with van der Waals surface area (Å²) in [6.07, 6.45) is 0. The van der Waals surface area contributed by atoms with Crippen LogP contribution in [0.3, 0.4) is 0 Å². The van der Waals surface area contributed by atoms with E-state index < -0.39 is 0 Å². The Labute approximate surface area is 175 Å². The Morgan fingerprint density at radius 2 is 1.90 bits per heavy atom. The number of hydrogen-bond donors (Lipinski definition) is 4. The number of fused-ring (bicyclic) bond motifs is 1. The van der Waals surface area contributed by atoms with Gasteiger partial charge in [0.25, 0.3) is 0 Å². The van der Waals surface area contributed by atoms with Crippen LogP contribution in [0.2, 0.25) is 0 Å². The first-order chi connectivity index (χ1) is 13.5. The van der Waals surface area contributed by atoms with E-state index in [2.05, 4.69) is 32.3 Å². The number of benzene rings is 2. The number of imidazole rings is 1. The number of rotatable bonds is 5. The van der Waals surface area contributed by atoms with Crippen molar-refractivity contribution in [3.8, 4) is 0 Å². The van der Waals surface area contributed by atoms with Gasteiger partial charge in [-0.25, -0.2) is 4.79 Å². The van der Waals surface area contributed by atoms with Crippen LogP contribution in [0, 0.1) is 5.92 Å². The second kappa shape index (κ2) is 8.82. The zero-order valence-electron chi connectivity index (χ0n) is 16.2. The number of hydrogen-bond acceptors (Lipinski definition) is 4. The van der Waals surface area contributed by atoms with E-state index in [0.717, 1.165) is 13.1 Å². The highest BCUT2D eigenvalue weighted by atomic mass is 35.5. The third kappa shape index (κ3) is 4.37. The molecule has 7 nitrogen and oxygen atoms in total. The van der Waals surface area contributed by atoms with Gasteiger partial charge < -0.3 is 21.0 Å². The number of anilines is 1. The molecule has 3 aromatic rings. The van der Waals surface area contributed by atoms with Crippen LogP contribution in [-0.4, -0.2) is 46.5 Å². The van der Waals surface area contributed by atoms with E-state index in [1.807, 2.05) is 25.1 Å². The molecule has 154 valence electrons. The minimum atomic E-state index is -0.274. The molecule has 2 aromatic carbocycles. The lowest BCUT2D eigenvalue weighted by Crippen LogP contribution is -2.41. The predicted molar refractivity (Wildman–Crippen MR) is 118 cm³/mol. The number of carbonyl (C=O) groups is 1. The van der Waals surface area contributed by atoms with Gasteiger partial charge in [0, 0.05) is 24.7 Å². The lowest BCUT2D eigenvalue weighted by Gasteiger charge is -2.23. The van der Waals surface area contributed by atoms with Crippen molar-refractivity contribution in [2.75, 3.05) is 25.0 Å². The van der Waals surface area contributed by atoms with Crippen molar-refractivity contribution in [2.24, 2.45) is 11.7 Å². The molecule has 3 atom stereocenters. The van der Waals surface area contributed by atoms with Gasteiger partial charge in [0.1, 0.15) is 0 Å². The molecule has 29 heavy (non-hydrogen) atoms. The SMILES string of the molecule is CC(C(=O)Nc1ccc2[nH]c(=O)[nH]c2c1)N1C[C@@H](CN)[C@H](c2ccccc2)C1.Cl. The van der Waals surface area contributed by atoms with Gasteiger partial charge in [0.2, 0.25) is 5.91 Å². The van der Waals surface area contributed by atoms with Gasteiger partial charge in [-0.1, -0.05) is 30.3 Å². The van der Waals surface area contributed by atoms with E-state index in [4.69, 9.17) is 5.73 Å². The average molecular weight is 416 g/mol. The van der Waals surface area contributed by atoms with E-state index in [-0.39, 0.29) is 30.0 Å². The Morgan fingerprint density at radius 1 is 1.17 bits per heavy atom. The fourth-order valence-electron chi connectivity index (χ4n) is 4.06. The summed E-state index contributed by atoms with van der Waals surface area (Å²) in [7, 11) is 0. The first-order valence-electron chi connectivity index (χ1n) is 9.57. The Kier molecular flexibility index (Phi) is 6.42. The summed E-state index contributed by atoms with van der Waals surface area (Å²) < 4.78 is 0. The number of aromatic nitrogens is 2. The number of amides is 1. The zero-order chi connectivity index (χ0) is 19.7. The standard InChI is InChI=1S/C21H25N5O2.ClH/c1-13(20(27)23-16-7-8-18-19(9-16)25-21(28)24-18)26-11-15(10-22)17(12-26)14-5-3-2-4-6-14;/h2-9,13,15,17H,10-12,22H2,1H3,(H,23,27)(H2,24,25,28);1H/t13?,15-,17+;/m1./s1. The van der Waals surface area contributed by atoms with Crippen LogP contribution in [0.4, 0.5) is 5.69 Å². The molecule has 0 aliphatic carbocycles. The highest BCUT2D eigenvalue weighted by Gasteiger charge is 2.36. The van der Waals surface area contributed by atoms with Gasteiger partial charge in [-0.15, -0.1) is 12.4 Å². The summed E-state index contributed by atoms with van der Waals surface area (Å²) in [5.74, 6) is 0.600.